The summed E-state index contributed by atoms with van der Waals surface area (Å²) < 4.78 is 23.0. The van der Waals surface area contributed by atoms with Crippen LogP contribution in [-0.4, -0.2) is 87.3 Å². The summed E-state index contributed by atoms with van der Waals surface area (Å²) in [5.41, 5.74) is 7.26. The summed E-state index contributed by atoms with van der Waals surface area (Å²) in [6.45, 7) is 3.38. The Kier molecular flexibility index (Phi) is 11.5. The van der Waals surface area contributed by atoms with Crippen molar-refractivity contribution in [3.63, 3.8) is 0 Å². The summed E-state index contributed by atoms with van der Waals surface area (Å²) in [6.07, 6.45) is 6.48. The number of aliphatic hydroxyl groups is 1. The molecule has 4 rings (SSSR count). The fourth-order valence-electron chi connectivity index (χ4n) is 5.77. The highest BCUT2D eigenvalue weighted by molar-refractivity contribution is 5.76. The van der Waals surface area contributed by atoms with E-state index >= 15 is 0 Å². The minimum Gasteiger partial charge on any atom is -0.493 e. The zero-order valence-electron chi connectivity index (χ0n) is 23.8. The molecule has 0 bridgehead atoms. The molecule has 1 amide bonds. The zero-order valence-corrected chi connectivity index (χ0v) is 23.8. The van der Waals surface area contributed by atoms with E-state index in [1.807, 2.05) is 24.3 Å². The van der Waals surface area contributed by atoms with Crippen LogP contribution in [0, 0.1) is 0 Å². The van der Waals surface area contributed by atoms with Crippen molar-refractivity contribution in [2.24, 2.45) is 5.73 Å². The number of nitrogens with two attached hydrogens (primary N) is 1. The van der Waals surface area contributed by atoms with Gasteiger partial charge in [-0.2, -0.15) is 0 Å². The first-order valence-corrected chi connectivity index (χ1v) is 14.4. The van der Waals surface area contributed by atoms with Crippen LogP contribution in [0.1, 0.15) is 43.2 Å². The number of benzene rings is 2. The maximum absolute atomic E-state index is 11.0. The maximum atomic E-state index is 11.0. The molecule has 1 aliphatic carbocycles. The van der Waals surface area contributed by atoms with Crippen molar-refractivity contribution >= 4 is 5.91 Å². The lowest BCUT2D eigenvalue weighted by atomic mass is 9.91. The lowest BCUT2D eigenvalue weighted by Crippen LogP contribution is -2.47. The topological polar surface area (TPSA) is 116 Å². The van der Waals surface area contributed by atoms with E-state index in [0.717, 1.165) is 49.4 Å². The summed E-state index contributed by atoms with van der Waals surface area (Å²) in [7, 11) is 3.31. The van der Waals surface area contributed by atoms with Crippen LogP contribution in [0.3, 0.4) is 0 Å². The second kappa shape index (κ2) is 15.2. The van der Waals surface area contributed by atoms with Crippen molar-refractivity contribution in [2.45, 2.75) is 69.2 Å². The number of nitrogens with zero attached hydrogens (tertiary/aromatic N) is 1. The van der Waals surface area contributed by atoms with Crippen LogP contribution in [0.2, 0.25) is 0 Å². The highest BCUT2D eigenvalue weighted by Gasteiger charge is 2.35. The Hall–Kier alpha value is -2.85. The summed E-state index contributed by atoms with van der Waals surface area (Å²) >= 11 is 0. The molecule has 4 N–H and O–H groups in total. The molecule has 1 saturated heterocycles. The van der Waals surface area contributed by atoms with Crippen LogP contribution in [0.25, 0.3) is 0 Å². The molecular weight excluding hydrogens is 510 g/mol. The van der Waals surface area contributed by atoms with Gasteiger partial charge in [-0.25, -0.2) is 0 Å². The maximum Gasteiger partial charge on any atom is 0.221 e. The van der Waals surface area contributed by atoms with Crippen molar-refractivity contribution in [1.29, 1.82) is 0 Å². The van der Waals surface area contributed by atoms with Crippen molar-refractivity contribution < 1.29 is 28.8 Å². The molecule has 2 aromatic carbocycles. The van der Waals surface area contributed by atoms with E-state index < -0.39 is 6.10 Å². The third-order valence-corrected chi connectivity index (χ3v) is 7.91. The third kappa shape index (κ3) is 8.83. The van der Waals surface area contributed by atoms with Crippen molar-refractivity contribution in [1.82, 2.24) is 10.2 Å². The third-order valence-electron chi connectivity index (χ3n) is 7.91. The fourth-order valence-corrected chi connectivity index (χ4v) is 5.77. The number of carbonyl (C=O) groups excluding carboxylic acids is 1. The molecule has 9 heteroatoms. The van der Waals surface area contributed by atoms with Crippen molar-refractivity contribution in [3.8, 4) is 17.2 Å². The van der Waals surface area contributed by atoms with Gasteiger partial charge in [0.1, 0.15) is 18.5 Å². The molecule has 2 unspecified atom stereocenters. The van der Waals surface area contributed by atoms with Gasteiger partial charge in [0, 0.05) is 31.7 Å². The summed E-state index contributed by atoms with van der Waals surface area (Å²) in [5, 5.41) is 14.0. The van der Waals surface area contributed by atoms with Gasteiger partial charge in [0.05, 0.1) is 33.4 Å². The first kappa shape index (κ1) is 30.1. The molecule has 2 aliphatic rings. The quantitative estimate of drug-likeness (QED) is 0.307. The van der Waals surface area contributed by atoms with Crippen LogP contribution in [-0.2, 0) is 22.4 Å². The van der Waals surface area contributed by atoms with Crippen molar-refractivity contribution in [3.05, 3.63) is 53.6 Å². The van der Waals surface area contributed by atoms with Crippen LogP contribution < -0.4 is 25.3 Å². The Labute approximate surface area is 237 Å². The standard InChI is InChI=1S/C31H45N3O6/c1-37-29-12-9-23(17-30(29)38-2)14-16-39-28-6-4-3-5-27(28)34-15-13-24(20-34)33-19-25(35)21-40-26-10-7-22(8-11-26)18-31(32)36/h7-12,17,24-25,27-28,33,35H,3-6,13-16,18-21H2,1-2H3,(H2,32,36)/t24?,25?,27-,28+/m0/s1. The van der Waals surface area contributed by atoms with Crippen LogP contribution in [0.5, 0.6) is 17.2 Å². The van der Waals surface area contributed by atoms with E-state index in [9.17, 15) is 9.90 Å². The van der Waals surface area contributed by atoms with E-state index in [0.29, 0.717) is 31.0 Å². The minimum absolute atomic E-state index is 0.206. The number of ether oxygens (including phenoxy) is 4. The van der Waals surface area contributed by atoms with Gasteiger partial charge in [0.25, 0.3) is 0 Å². The molecule has 40 heavy (non-hydrogen) atoms. The molecular formula is C31H45N3O6. The lowest BCUT2D eigenvalue weighted by Gasteiger charge is -2.38. The molecule has 2 fully saturated rings. The number of hydrogen-bond donors (Lipinski definition) is 3. The predicted molar refractivity (Wildman–Crippen MR) is 154 cm³/mol. The first-order valence-electron chi connectivity index (χ1n) is 14.4. The van der Waals surface area contributed by atoms with Gasteiger partial charge in [0.2, 0.25) is 5.91 Å². The van der Waals surface area contributed by atoms with E-state index in [-0.39, 0.29) is 25.0 Å². The van der Waals surface area contributed by atoms with Crippen LogP contribution >= 0.6 is 0 Å². The molecule has 1 heterocycles. The highest BCUT2D eigenvalue weighted by atomic mass is 16.5. The molecule has 220 valence electrons. The van der Waals surface area contributed by atoms with Gasteiger partial charge >= 0.3 is 0 Å². The lowest BCUT2D eigenvalue weighted by molar-refractivity contribution is -0.117. The van der Waals surface area contributed by atoms with Gasteiger partial charge in [-0.3, -0.25) is 9.69 Å². The Morgan fingerprint density at radius 2 is 1.80 bits per heavy atom. The monoisotopic (exact) mass is 555 g/mol. The van der Waals surface area contributed by atoms with Crippen molar-refractivity contribution in [2.75, 3.05) is 47.1 Å². The van der Waals surface area contributed by atoms with E-state index in [4.69, 9.17) is 24.7 Å². The van der Waals surface area contributed by atoms with Crippen LogP contribution in [0.4, 0.5) is 0 Å². The number of aliphatic hydroxyl groups excluding tert-OH is 1. The smallest absolute Gasteiger partial charge is 0.221 e. The minimum atomic E-state index is -0.610. The number of rotatable bonds is 15. The Balaban J connectivity index is 1.17. The summed E-state index contributed by atoms with van der Waals surface area (Å²) in [4.78, 5) is 13.6. The molecule has 1 saturated carbocycles. The number of methoxy groups -OCH3 is 2. The van der Waals surface area contributed by atoms with E-state index in [2.05, 4.69) is 16.3 Å². The number of primary amides is 1. The zero-order chi connectivity index (χ0) is 28.3. The normalized spacial score (nSPS) is 22.1. The predicted octanol–water partition coefficient (Wildman–Crippen LogP) is 2.71. The van der Waals surface area contributed by atoms with Gasteiger partial charge in [-0.05, 0) is 61.1 Å². The Morgan fingerprint density at radius 3 is 2.55 bits per heavy atom. The van der Waals surface area contributed by atoms with Gasteiger partial charge in [-0.15, -0.1) is 0 Å². The number of amides is 1. The molecule has 0 aromatic heterocycles. The molecule has 2 aromatic rings. The van der Waals surface area contributed by atoms with Gasteiger partial charge < -0.3 is 35.1 Å². The molecule has 0 spiro atoms. The fraction of sp³-hybridized carbons (Fsp3) is 0.581. The second-order valence-electron chi connectivity index (χ2n) is 10.8. The molecule has 1 aliphatic heterocycles. The molecule has 4 atom stereocenters. The average Bonchev–Trinajstić information content (AvgIpc) is 3.44. The second-order valence-corrected chi connectivity index (χ2v) is 10.8. The molecule has 0 radical (unpaired) electrons. The molecule has 9 nitrogen and oxygen atoms in total. The summed E-state index contributed by atoms with van der Waals surface area (Å²) in [5.74, 6) is 1.79. The van der Waals surface area contributed by atoms with E-state index in [1.165, 1.54) is 24.8 Å². The first-order chi connectivity index (χ1) is 19.4. The number of carbonyl (C=O) groups is 1. The Morgan fingerprint density at radius 1 is 1.05 bits per heavy atom. The SMILES string of the molecule is COc1ccc(CCO[C@@H]2CCCC[C@@H]2N2CCC(NCC(O)COc3ccc(CC(N)=O)cc3)C2)cc1OC. The largest absolute Gasteiger partial charge is 0.493 e. The van der Waals surface area contributed by atoms with Gasteiger partial charge in [0.15, 0.2) is 11.5 Å². The number of nitrogens with one attached hydrogen (secondary N) is 1. The summed E-state index contributed by atoms with van der Waals surface area (Å²) in [6, 6.07) is 14.1. The highest BCUT2D eigenvalue weighted by Crippen LogP contribution is 2.30. The van der Waals surface area contributed by atoms with Gasteiger partial charge in [-0.1, -0.05) is 31.0 Å². The van der Waals surface area contributed by atoms with Crippen LogP contribution in [0.15, 0.2) is 42.5 Å². The Bertz CT molecular complexity index is 1070. The number of likely N-dealkylation sites (tertiary alicyclic amines) is 1. The van der Waals surface area contributed by atoms with E-state index in [1.54, 1.807) is 26.4 Å². The average molecular weight is 556 g/mol. The number of hydrogen-bond acceptors (Lipinski definition) is 8.